The maximum atomic E-state index is 12.1. The van der Waals surface area contributed by atoms with Crippen molar-refractivity contribution in [1.29, 1.82) is 0 Å². The predicted molar refractivity (Wildman–Crippen MR) is 75.3 cm³/mol. The first-order chi connectivity index (χ1) is 8.56. The van der Waals surface area contributed by atoms with Crippen molar-refractivity contribution in [2.24, 2.45) is 5.92 Å². The lowest BCUT2D eigenvalue weighted by atomic mass is 9.87. The smallest absolute Gasteiger partial charge is 0.253 e. The van der Waals surface area contributed by atoms with Gasteiger partial charge >= 0.3 is 0 Å². The van der Waals surface area contributed by atoms with Crippen molar-refractivity contribution in [3.63, 3.8) is 0 Å². The number of amides is 1. The van der Waals surface area contributed by atoms with Crippen LogP contribution in [0.1, 0.15) is 43.0 Å². The van der Waals surface area contributed by atoms with Gasteiger partial charge in [0.05, 0.1) is 10.6 Å². The highest BCUT2D eigenvalue weighted by atomic mass is 35.5. The minimum Gasteiger partial charge on any atom is -0.349 e. The molecule has 1 aliphatic carbocycles. The van der Waals surface area contributed by atoms with E-state index in [0.717, 1.165) is 18.8 Å². The molecule has 0 bridgehead atoms. The monoisotopic (exact) mass is 285 g/mol. The topological polar surface area (TPSA) is 29.1 Å². The molecule has 0 atom stereocenters. The molecular formula is C14H17Cl2NO. The highest BCUT2D eigenvalue weighted by molar-refractivity contribution is 6.36. The molecule has 2 rings (SSSR count). The fourth-order valence-corrected chi connectivity index (χ4v) is 2.84. The summed E-state index contributed by atoms with van der Waals surface area (Å²) < 4.78 is 0. The van der Waals surface area contributed by atoms with E-state index in [4.69, 9.17) is 23.2 Å². The molecule has 0 aliphatic heterocycles. The van der Waals surface area contributed by atoms with Crippen molar-refractivity contribution < 1.29 is 4.79 Å². The Kier molecular flexibility index (Phi) is 4.52. The SMILES string of the molecule is CC1CCC(NC(=O)c2ccc(Cl)cc2Cl)CC1. The van der Waals surface area contributed by atoms with Gasteiger partial charge in [-0.1, -0.05) is 30.1 Å². The quantitative estimate of drug-likeness (QED) is 0.862. The third-order valence-corrected chi connectivity index (χ3v) is 4.07. The van der Waals surface area contributed by atoms with Gasteiger partial charge in [0, 0.05) is 11.1 Å². The summed E-state index contributed by atoms with van der Waals surface area (Å²) in [5.74, 6) is 0.675. The molecule has 0 saturated heterocycles. The van der Waals surface area contributed by atoms with Gasteiger partial charge in [0.2, 0.25) is 0 Å². The average molecular weight is 286 g/mol. The van der Waals surface area contributed by atoms with Crippen molar-refractivity contribution in [3.8, 4) is 0 Å². The Labute approximate surface area is 118 Å². The van der Waals surface area contributed by atoms with Crippen LogP contribution >= 0.6 is 23.2 Å². The van der Waals surface area contributed by atoms with E-state index >= 15 is 0 Å². The number of benzene rings is 1. The van der Waals surface area contributed by atoms with Crippen molar-refractivity contribution in [3.05, 3.63) is 33.8 Å². The summed E-state index contributed by atoms with van der Waals surface area (Å²) in [6.07, 6.45) is 4.47. The standard InChI is InChI=1S/C14H17Cl2NO/c1-9-2-5-11(6-3-9)17-14(18)12-7-4-10(15)8-13(12)16/h4,7-9,11H,2-3,5-6H2,1H3,(H,17,18). The van der Waals surface area contributed by atoms with E-state index in [1.807, 2.05) is 0 Å². The molecule has 18 heavy (non-hydrogen) atoms. The second-order valence-corrected chi connectivity index (χ2v) is 5.90. The molecule has 0 heterocycles. The molecular weight excluding hydrogens is 269 g/mol. The molecule has 1 fully saturated rings. The third-order valence-electron chi connectivity index (χ3n) is 3.53. The van der Waals surface area contributed by atoms with E-state index in [1.54, 1.807) is 18.2 Å². The van der Waals surface area contributed by atoms with Crippen LogP contribution in [0.3, 0.4) is 0 Å². The lowest BCUT2D eigenvalue weighted by Crippen LogP contribution is -2.37. The molecule has 0 aromatic heterocycles. The van der Waals surface area contributed by atoms with Crippen molar-refractivity contribution in [2.75, 3.05) is 0 Å². The van der Waals surface area contributed by atoms with E-state index in [1.165, 1.54) is 12.8 Å². The number of rotatable bonds is 2. The highest BCUT2D eigenvalue weighted by Gasteiger charge is 2.21. The molecule has 2 nitrogen and oxygen atoms in total. The van der Waals surface area contributed by atoms with Gasteiger partial charge in [0.25, 0.3) is 5.91 Å². The molecule has 1 amide bonds. The Morgan fingerprint density at radius 3 is 2.50 bits per heavy atom. The summed E-state index contributed by atoms with van der Waals surface area (Å²) in [4.78, 5) is 12.1. The number of hydrogen-bond acceptors (Lipinski definition) is 1. The number of nitrogens with one attached hydrogen (secondary N) is 1. The number of halogens is 2. The molecule has 0 unspecified atom stereocenters. The summed E-state index contributed by atoms with van der Waals surface area (Å²) in [6, 6.07) is 5.23. The highest BCUT2D eigenvalue weighted by Crippen LogP contribution is 2.25. The van der Waals surface area contributed by atoms with Crippen LogP contribution in [0.4, 0.5) is 0 Å². The van der Waals surface area contributed by atoms with Crippen molar-refractivity contribution in [1.82, 2.24) is 5.32 Å². The van der Waals surface area contributed by atoms with Crippen molar-refractivity contribution >= 4 is 29.1 Å². The van der Waals surface area contributed by atoms with Gasteiger partial charge in [-0.15, -0.1) is 0 Å². The Morgan fingerprint density at radius 2 is 1.89 bits per heavy atom. The van der Waals surface area contributed by atoms with E-state index in [0.29, 0.717) is 15.6 Å². The number of hydrogen-bond donors (Lipinski definition) is 1. The van der Waals surface area contributed by atoms with Gasteiger partial charge in [0.15, 0.2) is 0 Å². The molecule has 4 heteroatoms. The lowest BCUT2D eigenvalue weighted by Gasteiger charge is -2.27. The molecule has 1 aromatic carbocycles. The average Bonchev–Trinajstić information content (AvgIpc) is 2.32. The van der Waals surface area contributed by atoms with Gasteiger partial charge in [-0.25, -0.2) is 0 Å². The van der Waals surface area contributed by atoms with E-state index in [-0.39, 0.29) is 11.9 Å². The predicted octanol–water partition coefficient (Wildman–Crippen LogP) is 4.30. The Balaban J connectivity index is 1.99. The molecule has 1 aromatic rings. The summed E-state index contributed by atoms with van der Waals surface area (Å²) in [7, 11) is 0. The summed E-state index contributed by atoms with van der Waals surface area (Å²) in [6.45, 7) is 2.26. The van der Waals surface area contributed by atoms with Crippen LogP contribution in [0.5, 0.6) is 0 Å². The fourth-order valence-electron chi connectivity index (χ4n) is 2.34. The molecule has 1 aliphatic rings. The molecule has 0 spiro atoms. The van der Waals surface area contributed by atoms with Crippen LogP contribution in [0.15, 0.2) is 18.2 Å². The minimum atomic E-state index is -0.101. The largest absolute Gasteiger partial charge is 0.349 e. The van der Waals surface area contributed by atoms with Crippen LogP contribution in [-0.2, 0) is 0 Å². The molecule has 1 saturated carbocycles. The normalized spacial score (nSPS) is 23.7. The number of carbonyl (C=O) groups is 1. The molecule has 0 radical (unpaired) electrons. The van der Waals surface area contributed by atoms with Gasteiger partial charge in [0.1, 0.15) is 0 Å². The lowest BCUT2D eigenvalue weighted by molar-refractivity contribution is 0.0923. The van der Waals surface area contributed by atoms with Crippen LogP contribution < -0.4 is 5.32 Å². The first kappa shape index (κ1) is 13.7. The minimum absolute atomic E-state index is 0.101. The van der Waals surface area contributed by atoms with Gasteiger partial charge in [-0.05, 0) is 49.8 Å². The fraction of sp³-hybridized carbons (Fsp3) is 0.500. The van der Waals surface area contributed by atoms with E-state index in [2.05, 4.69) is 12.2 Å². The van der Waals surface area contributed by atoms with Gasteiger partial charge in [-0.3, -0.25) is 4.79 Å². The third kappa shape index (κ3) is 3.39. The summed E-state index contributed by atoms with van der Waals surface area (Å²) >= 11 is 11.8. The first-order valence-electron chi connectivity index (χ1n) is 6.32. The maximum Gasteiger partial charge on any atom is 0.253 e. The zero-order chi connectivity index (χ0) is 13.1. The van der Waals surface area contributed by atoms with Crippen LogP contribution in [-0.4, -0.2) is 11.9 Å². The zero-order valence-corrected chi connectivity index (χ0v) is 11.9. The first-order valence-corrected chi connectivity index (χ1v) is 7.08. The Hall–Kier alpha value is -0.730. The Bertz CT molecular complexity index is 439. The van der Waals surface area contributed by atoms with Gasteiger partial charge in [-0.2, -0.15) is 0 Å². The van der Waals surface area contributed by atoms with Crippen LogP contribution in [0.2, 0.25) is 10.0 Å². The molecule has 1 N–H and O–H groups in total. The second-order valence-electron chi connectivity index (χ2n) is 5.05. The second kappa shape index (κ2) is 5.94. The van der Waals surface area contributed by atoms with E-state index in [9.17, 15) is 4.79 Å². The number of carbonyl (C=O) groups excluding carboxylic acids is 1. The van der Waals surface area contributed by atoms with Crippen molar-refractivity contribution in [2.45, 2.75) is 38.6 Å². The van der Waals surface area contributed by atoms with E-state index < -0.39 is 0 Å². The molecule has 98 valence electrons. The van der Waals surface area contributed by atoms with Gasteiger partial charge < -0.3 is 5.32 Å². The maximum absolute atomic E-state index is 12.1. The summed E-state index contributed by atoms with van der Waals surface area (Å²) in [5.41, 5.74) is 0.500. The van der Waals surface area contributed by atoms with Crippen LogP contribution in [0.25, 0.3) is 0 Å². The summed E-state index contributed by atoms with van der Waals surface area (Å²) in [5, 5.41) is 4.00. The zero-order valence-electron chi connectivity index (χ0n) is 10.4. The van der Waals surface area contributed by atoms with Crippen LogP contribution in [0, 0.1) is 5.92 Å². The Morgan fingerprint density at radius 1 is 1.22 bits per heavy atom.